The summed E-state index contributed by atoms with van der Waals surface area (Å²) in [5.41, 5.74) is 0.538. The third-order valence-electron chi connectivity index (χ3n) is 2.81. The van der Waals surface area contributed by atoms with E-state index in [9.17, 15) is 8.42 Å². The molecular weight excluding hydrogens is 294 g/mol. The van der Waals surface area contributed by atoms with E-state index < -0.39 is 10.0 Å². The molecular formula is C12H19N5O3S. The van der Waals surface area contributed by atoms with Gasteiger partial charge in [-0.25, -0.2) is 13.1 Å². The molecule has 0 amide bonds. The second-order valence-electron chi connectivity index (χ2n) is 4.55. The van der Waals surface area contributed by atoms with E-state index in [2.05, 4.69) is 20.3 Å². The zero-order valence-corrected chi connectivity index (χ0v) is 12.9. The molecule has 116 valence electrons. The molecule has 0 aromatic carbocycles. The highest BCUT2D eigenvalue weighted by Gasteiger charge is 2.17. The molecule has 0 fully saturated rings. The highest BCUT2D eigenvalue weighted by molar-refractivity contribution is 7.89. The molecule has 0 aliphatic rings. The van der Waals surface area contributed by atoms with E-state index in [1.807, 2.05) is 6.92 Å². The van der Waals surface area contributed by atoms with Gasteiger partial charge in [-0.05, 0) is 13.5 Å². The van der Waals surface area contributed by atoms with Crippen molar-refractivity contribution in [3.8, 4) is 0 Å². The lowest BCUT2D eigenvalue weighted by atomic mass is 10.4. The van der Waals surface area contributed by atoms with Crippen LogP contribution in [0.15, 0.2) is 27.9 Å². The Morgan fingerprint density at radius 2 is 2.24 bits per heavy atom. The Bertz CT molecular complexity index is 677. The molecule has 0 saturated heterocycles. The number of aromatic nitrogens is 3. The maximum absolute atomic E-state index is 12.1. The van der Waals surface area contributed by atoms with E-state index in [0.29, 0.717) is 18.0 Å². The van der Waals surface area contributed by atoms with Crippen molar-refractivity contribution in [3.63, 3.8) is 0 Å². The summed E-state index contributed by atoms with van der Waals surface area (Å²) in [6.45, 7) is 6.07. The monoisotopic (exact) mass is 313 g/mol. The zero-order valence-electron chi connectivity index (χ0n) is 12.0. The molecule has 0 saturated carbocycles. The van der Waals surface area contributed by atoms with Gasteiger partial charge in [0.15, 0.2) is 0 Å². The number of hydrogen-bond donors (Lipinski definition) is 2. The third-order valence-corrected chi connectivity index (χ3v) is 4.16. The average Bonchev–Trinajstić information content (AvgIpc) is 3.06. The van der Waals surface area contributed by atoms with Crippen LogP contribution in [0.5, 0.6) is 0 Å². The Kier molecular flexibility index (Phi) is 5.10. The summed E-state index contributed by atoms with van der Waals surface area (Å²) < 4.78 is 33.2. The fourth-order valence-corrected chi connectivity index (χ4v) is 2.68. The number of rotatable bonds is 8. The molecule has 0 aliphatic heterocycles. The van der Waals surface area contributed by atoms with Gasteiger partial charge in [-0.15, -0.1) is 0 Å². The summed E-state index contributed by atoms with van der Waals surface area (Å²) in [5, 5.41) is 10.9. The minimum absolute atomic E-state index is 0.0856. The molecule has 2 heterocycles. The summed E-state index contributed by atoms with van der Waals surface area (Å²) in [4.78, 5) is 0.138. The van der Waals surface area contributed by atoms with E-state index in [0.717, 1.165) is 13.1 Å². The Balaban J connectivity index is 1.95. The van der Waals surface area contributed by atoms with Crippen molar-refractivity contribution in [2.24, 2.45) is 0 Å². The summed E-state index contributed by atoms with van der Waals surface area (Å²) in [6.07, 6.45) is 2.84. The van der Waals surface area contributed by atoms with Gasteiger partial charge in [-0.1, -0.05) is 12.1 Å². The first-order valence-corrected chi connectivity index (χ1v) is 8.14. The Morgan fingerprint density at radius 3 is 2.90 bits per heavy atom. The minimum atomic E-state index is -3.59. The summed E-state index contributed by atoms with van der Waals surface area (Å²) in [6, 6.07) is 1.68. The SMILES string of the molecule is CCNCCn1cc(S(=O)(=O)NCc2cc(C)on2)cn1. The van der Waals surface area contributed by atoms with E-state index in [-0.39, 0.29) is 11.4 Å². The molecule has 0 unspecified atom stereocenters. The standard InChI is InChI=1S/C12H19N5O3S/c1-3-13-4-5-17-9-12(8-14-17)21(18,19)15-7-11-6-10(2)20-16-11/h6,8-9,13,15H,3-5,7H2,1-2H3. The predicted octanol–water partition coefficient (Wildman–Crippen LogP) is 0.268. The Morgan fingerprint density at radius 1 is 1.43 bits per heavy atom. The van der Waals surface area contributed by atoms with Gasteiger partial charge >= 0.3 is 0 Å². The lowest BCUT2D eigenvalue weighted by Gasteiger charge is -2.02. The van der Waals surface area contributed by atoms with Gasteiger partial charge in [0.1, 0.15) is 10.7 Å². The van der Waals surface area contributed by atoms with Gasteiger partial charge in [0.2, 0.25) is 10.0 Å². The second-order valence-corrected chi connectivity index (χ2v) is 6.31. The molecule has 2 aromatic heterocycles. The number of likely N-dealkylation sites (N-methyl/N-ethyl adjacent to an activating group) is 1. The molecule has 0 atom stereocenters. The molecule has 2 rings (SSSR count). The largest absolute Gasteiger partial charge is 0.361 e. The van der Waals surface area contributed by atoms with E-state index in [1.54, 1.807) is 17.7 Å². The van der Waals surface area contributed by atoms with Crippen LogP contribution < -0.4 is 10.0 Å². The average molecular weight is 313 g/mol. The maximum atomic E-state index is 12.1. The summed E-state index contributed by atoms with van der Waals surface area (Å²) >= 11 is 0. The molecule has 2 N–H and O–H groups in total. The van der Waals surface area contributed by atoms with Gasteiger partial charge in [0.25, 0.3) is 0 Å². The zero-order chi connectivity index (χ0) is 15.3. The lowest BCUT2D eigenvalue weighted by molar-refractivity contribution is 0.390. The van der Waals surface area contributed by atoms with Crippen LogP contribution in [0.25, 0.3) is 0 Å². The molecule has 0 spiro atoms. The van der Waals surface area contributed by atoms with Crippen LogP contribution in [-0.2, 0) is 23.1 Å². The first-order valence-electron chi connectivity index (χ1n) is 6.66. The topological polar surface area (TPSA) is 102 Å². The third kappa shape index (κ3) is 4.38. The molecule has 8 nitrogen and oxygen atoms in total. The second kappa shape index (κ2) is 6.83. The van der Waals surface area contributed by atoms with Gasteiger partial charge in [-0.2, -0.15) is 5.10 Å². The van der Waals surface area contributed by atoms with Crippen molar-refractivity contribution in [2.45, 2.75) is 31.8 Å². The van der Waals surface area contributed by atoms with E-state index >= 15 is 0 Å². The smallest absolute Gasteiger partial charge is 0.244 e. The maximum Gasteiger partial charge on any atom is 0.244 e. The van der Waals surface area contributed by atoms with Crippen molar-refractivity contribution in [3.05, 3.63) is 29.9 Å². The fourth-order valence-electron chi connectivity index (χ4n) is 1.73. The lowest BCUT2D eigenvalue weighted by Crippen LogP contribution is -2.23. The number of nitrogens with one attached hydrogen (secondary N) is 2. The van der Waals surface area contributed by atoms with Crippen molar-refractivity contribution >= 4 is 10.0 Å². The van der Waals surface area contributed by atoms with E-state index in [4.69, 9.17) is 4.52 Å². The van der Waals surface area contributed by atoms with Crippen LogP contribution in [0.3, 0.4) is 0 Å². The number of nitrogens with zero attached hydrogens (tertiary/aromatic N) is 3. The van der Waals surface area contributed by atoms with Gasteiger partial charge in [0, 0.05) is 18.8 Å². The molecule has 0 radical (unpaired) electrons. The van der Waals surface area contributed by atoms with Crippen molar-refractivity contribution in [2.75, 3.05) is 13.1 Å². The van der Waals surface area contributed by atoms with Crippen LogP contribution in [-0.4, -0.2) is 36.4 Å². The van der Waals surface area contributed by atoms with Crippen LogP contribution in [0.4, 0.5) is 0 Å². The van der Waals surface area contributed by atoms with Crippen LogP contribution in [0.1, 0.15) is 18.4 Å². The van der Waals surface area contributed by atoms with Gasteiger partial charge in [-0.3, -0.25) is 4.68 Å². The molecule has 0 aliphatic carbocycles. The highest BCUT2D eigenvalue weighted by atomic mass is 32.2. The number of aryl methyl sites for hydroxylation is 1. The minimum Gasteiger partial charge on any atom is -0.361 e. The summed E-state index contributed by atoms with van der Waals surface area (Å²) in [7, 11) is -3.59. The predicted molar refractivity (Wildman–Crippen MR) is 76.0 cm³/mol. The summed E-state index contributed by atoms with van der Waals surface area (Å²) in [5.74, 6) is 0.639. The number of sulfonamides is 1. The Labute approximate surface area is 123 Å². The normalized spacial score (nSPS) is 11.9. The van der Waals surface area contributed by atoms with Crippen molar-refractivity contribution < 1.29 is 12.9 Å². The molecule has 2 aromatic rings. The van der Waals surface area contributed by atoms with Crippen LogP contribution in [0, 0.1) is 6.92 Å². The van der Waals surface area contributed by atoms with Crippen LogP contribution >= 0.6 is 0 Å². The molecule has 0 bridgehead atoms. The molecule has 21 heavy (non-hydrogen) atoms. The van der Waals surface area contributed by atoms with Crippen LogP contribution in [0.2, 0.25) is 0 Å². The van der Waals surface area contributed by atoms with Crippen molar-refractivity contribution in [1.82, 2.24) is 25.0 Å². The van der Waals surface area contributed by atoms with E-state index in [1.165, 1.54) is 12.4 Å². The fraction of sp³-hybridized carbons (Fsp3) is 0.500. The quantitative estimate of drug-likeness (QED) is 0.678. The highest BCUT2D eigenvalue weighted by Crippen LogP contribution is 2.08. The van der Waals surface area contributed by atoms with Crippen molar-refractivity contribution in [1.29, 1.82) is 0 Å². The van der Waals surface area contributed by atoms with Gasteiger partial charge < -0.3 is 9.84 Å². The van der Waals surface area contributed by atoms with Gasteiger partial charge in [0.05, 0.1) is 25.0 Å². The first-order chi connectivity index (χ1) is 10.0. The first kappa shape index (κ1) is 15.7. The Hall–Kier alpha value is -1.71. The molecule has 9 heteroatoms. The number of hydrogen-bond acceptors (Lipinski definition) is 6.